The van der Waals surface area contributed by atoms with Crippen molar-refractivity contribution in [1.29, 1.82) is 5.26 Å². The SMILES string of the molecule is N#Cc1ccccc1S(=O)(=O)N1CCN(C(=O)c2ccc(-c3cc(Cl)ccc3Cl)o2)CC1. The van der Waals surface area contributed by atoms with Gasteiger partial charge in [0.2, 0.25) is 10.0 Å². The fourth-order valence-electron chi connectivity index (χ4n) is 3.49. The number of rotatable bonds is 4. The van der Waals surface area contributed by atoms with Crippen molar-refractivity contribution in [2.45, 2.75) is 4.90 Å². The monoisotopic (exact) mass is 489 g/mol. The normalized spacial score (nSPS) is 14.8. The number of hydrogen-bond donors (Lipinski definition) is 0. The highest BCUT2D eigenvalue weighted by molar-refractivity contribution is 7.89. The lowest BCUT2D eigenvalue weighted by molar-refractivity contribution is 0.0667. The number of halogens is 2. The van der Waals surface area contributed by atoms with Crippen molar-refractivity contribution < 1.29 is 17.6 Å². The van der Waals surface area contributed by atoms with E-state index in [2.05, 4.69) is 0 Å². The molecule has 4 rings (SSSR count). The van der Waals surface area contributed by atoms with E-state index in [4.69, 9.17) is 27.6 Å². The molecule has 2 heterocycles. The third-order valence-electron chi connectivity index (χ3n) is 5.16. The minimum Gasteiger partial charge on any atom is -0.451 e. The van der Waals surface area contributed by atoms with Gasteiger partial charge >= 0.3 is 0 Å². The third-order valence-corrected chi connectivity index (χ3v) is 7.68. The van der Waals surface area contributed by atoms with Crippen LogP contribution >= 0.6 is 23.2 Å². The van der Waals surface area contributed by atoms with Crippen molar-refractivity contribution in [3.8, 4) is 17.4 Å². The first kappa shape index (κ1) is 22.4. The molecule has 2 aromatic carbocycles. The summed E-state index contributed by atoms with van der Waals surface area (Å²) in [6.07, 6.45) is 0. The Morgan fingerprint density at radius 3 is 2.44 bits per heavy atom. The quantitative estimate of drug-likeness (QED) is 0.545. The van der Waals surface area contributed by atoms with E-state index in [1.165, 1.54) is 21.3 Å². The summed E-state index contributed by atoms with van der Waals surface area (Å²) >= 11 is 12.2. The average molecular weight is 490 g/mol. The molecule has 32 heavy (non-hydrogen) atoms. The van der Waals surface area contributed by atoms with Crippen LogP contribution in [0, 0.1) is 11.3 Å². The topological polar surface area (TPSA) is 94.6 Å². The molecule has 0 atom stereocenters. The minimum atomic E-state index is -3.84. The van der Waals surface area contributed by atoms with Crippen LogP contribution in [0.5, 0.6) is 0 Å². The highest BCUT2D eigenvalue weighted by atomic mass is 35.5. The van der Waals surface area contributed by atoms with Crippen LogP contribution in [0.25, 0.3) is 11.3 Å². The highest BCUT2D eigenvalue weighted by Gasteiger charge is 2.32. The van der Waals surface area contributed by atoms with Gasteiger partial charge in [0.05, 0.1) is 15.5 Å². The van der Waals surface area contributed by atoms with Gasteiger partial charge in [-0.15, -0.1) is 0 Å². The maximum atomic E-state index is 13.0. The maximum absolute atomic E-state index is 13.0. The Bertz CT molecular complexity index is 1320. The Morgan fingerprint density at radius 1 is 1.00 bits per heavy atom. The number of carbonyl (C=O) groups is 1. The Labute approximate surface area is 195 Å². The zero-order valence-corrected chi connectivity index (χ0v) is 19.0. The molecule has 10 heteroatoms. The van der Waals surface area contributed by atoms with Gasteiger partial charge in [-0.2, -0.15) is 9.57 Å². The number of furan rings is 1. The first-order chi connectivity index (χ1) is 15.3. The van der Waals surface area contributed by atoms with Crippen molar-refractivity contribution in [3.63, 3.8) is 0 Å². The summed E-state index contributed by atoms with van der Waals surface area (Å²) in [7, 11) is -3.84. The third kappa shape index (κ3) is 4.25. The molecule has 0 saturated carbocycles. The van der Waals surface area contributed by atoms with Crippen molar-refractivity contribution in [1.82, 2.24) is 9.21 Å². The number of carbonyl (C=O) groups excluding carboxylic acids is 1. The van der Waals surface area contributed by atoms with Gasteiger partial charge < -0.3 is 9.32 Å². The lowest BCUT2D eigenvalue weighted by Crippen LogP contribution is -2.50. The molecule has 0 N–H and O–H groups in total. The van der Waals surface area contributed by atoms with Gasteiger partial charge in [0.15, 0.2) is 5.76 Å². The summed E-state index contributed by atoms with van der Waals surface area (Å²) < 4.78 is 32.9. The molecule has 0 aliphatic carbocycles. The number of nitriles is 1. The van der Waals surface area contributed by atoms with Gasteiger partial charge in [0.25, 0.3) is 5.91 Å². The van der Waals surface area contributed by atoms with Gasteiger partial charge in [-0.3, -0.25) is 4.79 Å². The number of sulfonamides is 1. The number of piperazine rings is 1. The molecular formula is C22H17Cl2N3O4S. The van der Waals surface area contributed by atoms with E-state index in [0.29, 0.717) is 21.4 Å². The lowest BCUT2D eigenvalue weighted by atomic mass is 10.2. The zero-order chi connectivity index (χ0) is 22.9. The fourth-order valence-corrected chi connectivity index (χ4v) is 5.44. The summed E-state index contributed by atoms with van der Waals surface area (Å²) in [5, 5.41) is 10.2. The van der Waals surface area contributed by atoms with E-state index in [-0.39, 0.29) is 48.3 Å². The first-order valence-corrected chi connectivity index (χ1v) is 11.8. The molecule has 0 spiro atoms. The van der Waals surface area contributed by atoms with E-state index in [1.54, 1.807) is 42.5 Å². The van der Waals surface area contributed by atoms with Crippen LogP contribution in [0.15, 0.2) is 63.9 Å². The predicted octanol–water partition coefficient (Wildman–Crippen LogP) is 4.27. The second kappa shape index (κ2) is 8.96. The Balaban J connectivity index is 1.47. The Hall–Kier alpha value is -2.83. The smallest absolute Gasteiger partial charge is 0.289 e. The molecule has 1 amide bonds. The summed E-state index contributed by atoms with van der Waals surface area (Å²) in [5.41, 5.74) is 0.666. The van der Waals surface area contributed by atoms with Crippen LogP contribution in [0.2, 0.25) is 10.0 Å². The number of hydrogen-bond acceptors (Lipinski definition) is 5. The second-order valence-electron chi connectivity index (χ2n) is 7.09. The van der Waals surface area contributed by atoms with Crippen molar-refractivity contribution in [2.24, 2.45) is 0 Å². The fraction of sp³-hybridized carbons (Fsp3) is 0.182. The summed E-state index contributed by atoms with van der Waals surface area (Å²) in [6, 6.07) is 16.1. The van der Waals surface area contributed by atoms with E-state index < -0.39 is 10.0 Å². The molecule has 1 aliphatic heterocycles. The number of nitrogens with zero attached hydrogens (tertiary/aromatic N) is 3. The molecular weight excluding hydrogens is 473 g/mol. The van der Waals surface area contributed by atoms with Crippen LogP contribution in [0.1, 0.15) is 16.1 Å². The molecule has 0 bridgehead atoms. The summed E-state index contributed by atoms with van der Waals surface area (Å²) in [6.45, 7) is 0.616. The standard InChI is InChI=1S/C22H17Cl2N3O4S/c23-16-5-6-18(24)17(13-16)19-7-8-20(31-19)22(28)26-9-11-27(12-10-26)32(29,30)21-4-2-1-3-15(21)14-25/h1-8,13H,9-12H2. The molecule has 0 unspecified atom stereocenters. The van der Waals surface area contributed by atoms with Gasteiger partial charge in [0.1, 0.15) is 11.8 Å². The molecule has 1 saturated heterocycles. The van der Waals surface area contributed by atoms with Crippen LogP contribution < -0.4 is 0 Å². The van der Waals surface area contributed by atoms with Crippen molar-refractivity contribution >= 4 is 39.1 Å². The molecule has 164 valence electrons. The predicted molar refractivity (Wildman–Crippen MR) is 120 cm³/mol. The summed E-state index contributed by atoms with van der Waals surface area (Å²) in [4.78, 5) is 14.4. The average Bonchev–Trinajstić information content (AvgIpc) is 3.30. The van der Waals surface area contributed by atoms with E-state index in [1.807, 2.05) is 6.07 Å². The van der Waals surface area contributed by atoms with Crippen LogP contribution in [0.4, 0.5) is 0 Å². The zero-order valence-electron chi connectivity index (χ0n) is 16.7. The Kier molecular flexibility index (Phi) is 6.26. The molecule has 0 radical (unpaired) electrons. The molecule has 7 nitrogen and oxygen atoms in total. The van der Waals surface area contributed by atoms with Gasteiger partial charge in [-0.25, -0.2) is 8.42 Å². The first-order valence-electron chi connectivity index (χ1n) is 9.65. The van der Waals surface area contributed by atoms with E-state index in [9.17, 15) is 18.5 Å². The molecule has 1 aliphatic rings. The Morgan fingerprint density at radius 2 is 1.72 bits per heavy atom. The second-order valence-corrected chi connectivity index (χ2v) is 9.84. The number of benzene rings is 2. The molecule has 1 fully saturated rings. The van der Waals surface area contributed by atoms with E-state index >= 15 is 0 Å². The molecule has 3 aromatic rings. The molecule has 1 aromatic heterocycles. The van der Waals surface area contributed by atoms with Crippen LogP contribution in [-0.4, -0.2) is 49.7 Å². The van der Waals surface area contributed by atoms with Gasteiger partial charge in [-0.05, 0) is 42.5 Å². The van der Waals surface area contributed by atoms with Crippen LogP contribution in [-0.2, 0) is 10.0 Å². The minimum absolute atomic E-state index is 0.0312. The van der Waals surface area contributed by atoms with Crippen LogP contribution in [0.3, 0.4) is 0 Å². The van der Waals surface area contributed by atoms with Gasteiger partial charge in [0, 0.05) is 36.8 Å². The largest absolute Gasteiger partial charge is 0.451 e. The number of amides is 1. The van der Waals surface area contributed by atoms with Crippen molar-refractivity contribution in [3.05, 3.63) is 76.0 Å². The van der Waals surface area contributed by atoms with Gasteiger partial charge in [-0.1, -0.05) is 35.3 Å². The maximum Gasteiger partial charge on any atom is 0.289 e. The summed E-state index contributed by atoms with van der Waals surface area (Å²) in [5.74, 6) is 0.196. The lowest BCUT2D eigenvalue weighted by Gasteiger charge is -2.33. The van der Waals surface area contributed by atoms with E-state index in [0.717, 1.165) is 0 Å². The highest BCUT2D eigenvalue weighted by Crippen LogP contribution is 2.32. The van der Waals surface area contributed by atoms with Crippen molar-refractivity contribution in [2.75, 3.05) is 26.2 Å².